The summed E-state index contributed by atoms with van der Waals surface area (Å²) in [5.41, 5.74) is 1.58. The van der Waals surface area contributed by atoms with E-state index in [9.17, 15) is 4.79 Å². The van der Waals surface area contributed by atoms with E-state index in [0.29, 0.717) is 43.6 Å². The van der Waals surface area contributed by atoms with Gasteiger partial charge in [-0.05, 0) is 42.9 Å². The summed E-state index contributed by atoms with van der Waals surface area (Å²) in [4.78, 5) is 12.1. The molecule has 7 nitrogen and oxygen atoms in total. The highest BCUT2D eigenvalue weighted by molar-refractivity contribution is 6.31. The van der Waals surface area contributed by atoms with Crippen LogP contribution in [0.1, 0.15) is 96.3 Å². The number of unbranched alkanes of at least 4 members (excludes halogenated alkanes) is 4. The number of benzene rings is 1. The highest BCUT2D eigenvalue weighted by Gasteiger charge is 2.48. The maximum atomic E-state index is 12.1. The molecule has 0 N–H and O–H groups in total. The van der Waals surface area contributed by atoms with Crippen molar-refractivity contribution in [2.24, 2.45) is 0 Å². The SMILES string of the molecule is CCCCOC[C@H]1O[C@@H](c2ccc(Cl)c(CC(=O)OC)c2)[C@H](OCCCC)[C@@H](OCCCC)[C@@H]1OCCCC. The third kappa shape index (κ3) is 11.3. The molecule has 1 heterocycles. The summed E-state index contributed by atoms with van der Waals surface area (Å²) >= 11 is 6.46. The first-order valence-electron chi connectivity index (χ1n) is 14.9. The lowest BCUT2D eigenvalue weighted by molar-refractivity contribution is -0.268. The van der Waals surface area contributed by atoms with Crippen LogP contribution in [0.15, 0.2) is 18.2 Å². The molecular formula is C31H51ClO7. The van der Waals surface area contributed by atoms with Crippen LogP contribution in [0.4, 0.5) is 0 Å². The quantitative estimate of drug-likeness (QED) is 0.125. The number of hydrogen-bond donors (Lipinski definition) is 0. The number of methoxy groups -OCH3 is 1. The summed E-state index contributed by atoms with van der Waals surface area (Å²) in [5, 5.41) is 0.513. The van der Waals surface area contributed by atoms with Crippen molar-refractivity contribution in [3.05, 3.63) is 34.3 Å². The van der Waals surface area contributed by atoms with Gasteiger partial charge in [0.1, 0.15) is 30.5 Å². The molecule has 224 valence electrons. The predicted octanol–water partition coefficient (Wildman–Crippen LogP) is 6.87. The third-order valence-corrected chi connectivity index (χ3v) is 7.31. The monoisotopic (exact) mass is 570 g/mol. The zero-order valence-corrected chi connectivity index (χ0v) is 25.5. The molecule has 0 bridgehead atoms. The van der Waals surface area contributed by atoms with Gasteiger partial charge in [0.05, 0.1) is 20.1 Å². The van der Waals surface area contributed by atoms with E-state index in [0.717, 1.165) is 56.9 Å². The molecule has 5 atom stereocenters. The highest BCUT2D eigenvalue weighted by Crippen LogP contribution is 2.39. The van der Waals surface area contributed by atoms with E-state index in [2.05, 4.69) is 27.7 Å². The van der Waals surface area contributed by atoms with E-state index in [1.807, 2.05) is 18.2 Å². The molecule has 0 spiro atoms. The second kappa shape index (κ2) is 19.8. The lowest BCUT2D eigenvalue weighted by atomic mass is 9.89. The molecule has 0 amide bonds. The molecular weight excluding hydrogens is 520 g/mol. The Hall–Kier alpha value is -1.22. The Balaban J connectivity index is 2.47. The van der Waals surface area contributed by atoms with Gasteiger partial charge in [0, 0.05) is 31.5 Å². The number of ether oxygens (including phenoxy) is 6. The molecule has 8 heteroatoms. The normalized spacial score (nSPS) is 23.2. The van der Waals surface area contributed by atoms with Gasteiger partial charge in [-0.1, -0.05) is 77.1 Å². The van der Waals surface area contributed by atoms with Crippen molar-refractivity contribution < 1.29 is 33.2 Å². The van der Waals surface area contributed by atoms with E-state index >= 15 is 0 Å². The molecule has 0 saturated carbocycles. The van der Waals surface area contributed by atoms with Gasteiger partial charge in [-0.15, -0.1) is 0 Å². The Bertz CT molecular complexity index is 805. The van der Waals surface area contributed by atoms with Crippen LogP contribution in [-0.2, 0) is 39.6 Å². The van der Waals surface area contributed by atoms with Crippen LogP contribution in [0, 0.1) is 0 Å². The topological polar surface area (TPSA) is 72.5 Å². The van der Waals surface area contributed by atoms with Crippen molar-refractivity contribution in [1.82, 2.24) is 0 Å². The minimum Gasteiger partial charge on any atom is -0.469 e. The lowest BCUT2D eigenvalue weighted by Gasteiger charge is -2.46. The highest BCUT2D eigenvalue weighted by atomic mass is 35.5. The van der Waals surface area contributed by atoms with Gasteiger partial charge < -0.3 is 28.4 Å². The first-order valence-corrected chi connectivity index (χ1v) is 15.3. The molecule has 0 aromatic heterocycles. The summed E-state index contributed by atoms with van der Waals surface area (Å²) in [5.74, 6) is -0.346. The summed E-state index contributed by atoms with van der Waals surface area (Å²) in [7, 11) is 1.38. The zero-order chi connectivity index (χ0) is 28.5. The van der Waals surface area contributed by atoms with E-state index in [1.54, 1.807) is 0 Å². The lowest BCUT2D eigenvalue weighted by Crippen LogP contribution is -2.58. The molecule has 0 radical (unpaired) electrons. The molecule has 1 saturated heterocycles. The number of rotatable bonds is 20. The summed E-state index contributed by atoms with van der Waals surface area (Å²) < 4.78 is 37.3. The fourth-order valence-corrected chi connectivity index (χ4v) is 4.75. The summed E-state index contributed by atoms with van der Waals surface area (Å²) in [6.45, 7) is 11.5. The van der Waals surface area contributed by atoms with E-state index in [-0.39, 0.29) is 36.8 Å². The van der Waals surface area contributed by atoms with Gasteiger partial charge in [0.15, 0.2) is 0 Å². The van der Waals surface area contributed by atoms with Crippen molar-refractivity contribution in [3.8, 4) is 0 Å². The van der Waals surface area contributed by atoms with Crippen LogP contribution < -0.4 is 0 Å². The average molecular weight is 571 g/mol. The Morgan fingerprint density at radius 2 is 1.38 bits per heavy atom. The molecule has 0 aliphatic carbocycles. The van der Waals surface area contributed by atoms with Crippen molar-refractivity contribution in [2.75, 3.05) is 40.1 Å². The van der Waals surface area contributed by atoms with Gasteiger partial charge in [-0.25, -0.2) is 0 Å². The smallest absolute Gasteiger partial charge is 0.310 e. The second-order valence-electron chi connectivity index (χ2n) is 10.2. The number of carbonyl (C=O) groups is 1. The molecule has 1 aliphatic rings. The Morgan fingerprint density at radius 3 is 1.97 bits per heavy atom. The molecule has 1 aliphatic heterocycles. The molecule has 1 fully saturated rings. The fraction of sp³-hybridized carbons (Fsp3) is 0.774. The van der Waals surface area contributed by atoms with Crippen LogP contribution >= 0.6 is 11.6 Å². The van der Waals surface area contributed by atoms with Crippen molar-refractivity contribution in [1.29, 1.82) is 0 Å². The largest absolute Gasteiger partial charge is 0.469 e. The number of carbonyl (C=O) groups excluding carboxylic acids is 1. The molecule has 1 aromatic rings. The fourth-order valence-electron chi connectivity index (χ4n) is 4.56. The van der Waals surface area contributed by atoms with Crippen LogP contribution in [-0.4, -0.2) is 70.5 Å². The maximum Gasteiger partial charge on any atom is 0.310 e. The molecule has 2 rings (SSSR count). The first-order chi connectivity index (χ1) is 19.0. The van der Waals surface area contributed by atoms with Gasteiger partial charge in [-0.2, -0.15) is 0 Å². The van der Waals surface area contributed by atoms with Gasteiger partial charge >= 0.3 is 5.97 Å². The van der Waals surface area contributed by atoms with Gasteiger partial charge in [0.2, 0.25) is 0 Å². The first kappa shape index (κ1) is 34.0. The predicted molar refractivity (Wildman–Crippen MR) is 154 cm³/mol. The van der Waals surface area contributed by atoms with E-state index < -0.39 is 6.10 Å². The average Bonchev–Trinajstić information content (AvgIpc) is 2.94. The third-order valence-electron chi connectivity index (χ3n) is 6.94. The van der Waals surface area contributed by atoms with Crippen LogP contribution in [0.5, 0.6) is 0 Å². The van der Waals surface area contributed by atoms with Crippen molar-refractivity contribution >= 4 is 17.6 Å². The van der Waals surface area contributed by atoms with Gasteiger partial charge in [-0.3, -0.25) is 4.79 Å². The van der Waals surface area contributed by atoms with Gasteiger partial charge in [0.25, 0.3) is 0 Å². The Labute approximate surface area is 241 Å². The Morgan fingerprint density at radius 1 is 0.821 bits per heavy atom. The molecule has 39 heavy (non-hydrogen) atoms. The summed E-state index contributed by atoms with van der Waals surface area (Å²) in [6, 6.07) is 5.68. The standard InChI is InChI=1S/C31H51ClO7/c1-6-10-16-35-22-26-29(36-17-11-7-2)31(38-19-13-9-4)30(37-18-12-8-3)28(39-26)23-14-15-25(32)24(20-23)21-27(33)34-5/h14-15,20,26,28-31H,6-13,16-19,21-22H2,1-5H3/t26-,28+,29-,30+,31+/m1/s1. The van der Waals surface area contributed by atoms with E-state index in [4.69, 9.17) is 40.0 Å². The second-order valence-corrected chi connectivity index (χ2v) is 10.6. The number of halogens is 1. The number of hydrogen-bond acceptors (Lipinski definition) is 7. The zero-order valence-electron chi connectivity index (χ0n) is 24.8. The van der Waals surface area contributed by atoms with E-state index in [1.165, 1.54) is 7.11 Å². The van der Waals surface area contributed by atoms with Crippen LogP contribution in [0.25, 0.3) is 0 Å². The minimum absolute atomic E-state index is 0.0833. The maximum absolute atomic E-state index is 12.1. The van der Waals surface area contributed by atoms with Crippen LogP contribution in [0.2, 0.25) is 5.02 Å². The Kier molecular flexibility index (Phi) is 17.2. The van der Waals surface area contributed by atoms with Crippen molar-refractivity contribution in [2.45, 2.75) is 116 Å². The van der Waals surface area contributed by atoms with Crippen LogP contribution in [0.3, 0.4) is 0 Å². The molecule has 1 aromatic carbocycles. The summed E-state index contributed by atoms with van der Waals surface area (Å²) in [6.07, 6.45) is 6.27. The van der Waals surface area contributed by atoms with Crippen molar-refractivity contribution in [3.63, 3.8) is 0 Å². The minimum atomic E-state index is -0.437. The molecule has 0 unspecified atom stereocenters. The number of esters is 1.